The molecule has 1 N–H and O–H groups in total. The van der Waals surface area contributed by atoms with Gasteiger partial charge in [-0.3, -0.25) is 5.01 Å². The average molecular weight is 551 g/mol. The van der Waals surface area contributed by atoms with Gasteiger partial charge in [-0.1, -0.05) is 65.7 Å². The highest BCUT2D eigenvalue weighted by Crippen LogP contribution is 2.49. The van der Waals surface area contributed by atoms with Gasteiger partial charge in [0.1, 0.15) is 5.82 Å². The molecule has 0 fully saturated rings. The van der Waals surface area contributed by atoms with Crippen molar-refractivity contribution in [1.29, 1.82) is 0 Å². The van der Waals surface area contributed by atoms with E-state index in [-0.39, 0.29) is 15.7 Å². The zero-order chi connectivity index (χ0) is 26.5. The van der Waals surface area contributed by atoms with Gasteiger partial charge in [0.15, 0.2) is 0 Å². The molecule has 36 heavy (non-hydrogen) atoms. The molecular weight excluding hydrogens is 536 g/mol. The molecule has 1 heterocycles. The number of anilines is 1. The Hall–Kier alpha value is -2.82. The predicted molar refractivity (Wildman–Crippen MR) is 123 cm³/mol. The van der Waals surface area contributed by atoms with Crippen LogP contribution in [0.4, 0.5) is 36.4 Å². The maximum absolute atomic E-state index is 13.6. The lowest BCUT2D eigenvalue weighted by atomic mass is 9.89. The molecule has 0 bridgehead atoms. The van der Waals surface area contributed by atoms with Crippen molar-refractivity contribution in [1.82, 2.24) is 0 Å². The van der Waals surface area contributed by atoms with Crippen LogP contribution in [-0.2, 0) is 0 Å². The van der Waals surface area contributed by atoms with Gasteiger partial charge in [0, 0.05) is 6.42 Å². The molecule has 0 saturated heterocycles. The predicted octanol–water partition coefficient (Wildman–Crippen LogP) is 7.96. The summed E-state index contributed by atoms with van der Waals surface area (Å²) in [5.74, 6) is -0.620. The van der Waals surface area contributed by atoms with Crippen molar-refractivity contribution < 1.29 is 35.8 Å². The van der Waals surface area contributed by atoms with Gasteiger partial charge < -0.3 is 5.11 Å². The fourth-order valence-corrected chi connectivity index (χ4v) is 4.31. The first-order valence-electron chi connectivity index (χ1n) is 10.3. The van der Waals surface area contributed by atoms with Gasteiger partial charge in [0.05, 0.1) is 27.5 Å². The Morgan fingerprint density at radius 1 is 0.806 bits per heavy atom. The van der Waals surface area contributed by atoms with Crippen LogP contribution < -0.4 is 5.01 Å². The summed E-state index contributed by atoms with van der Waals surface area (Å²) < 4.78 is 94.8. The van der Waals surface area contributed by atoms with Gasteiger partial charge in [-0.15, -0.1) is 0 Å². The monoisotopic (exact) mass is 550 g/mol. The third-order valence-corrected chi connectivity index (χ3v) is 6.41. The molecule has 1 atom stereocenters. The van der Waals surface area contributed by atoms with Crippen LogP contribution in [0.15, 0.2) is 71.8 Å². The highest BCUT2D eigenvalue weighted by molar-refractivity contribution is 6.33. The number of rotatable bonds is 4. The molecule has 3 aromatic carbocycles. The van der Waals surface area contributed by atoms with E-state index in [0.29, 0.717) is 16.7 Å². The van der Waals surface area contributed by atoms with Crippen LogP contribution >= 0.6 is 23.2 Å². The van der Waals surface area contributed by atoms with Crippen molar-refractivity contribution in [2.24, 2.45) is 5.10 Å². The van der Waals surface area contributed by atoms with Crippen LogP contribution in [0.25, 0.3) is 11.1 Å². The maximum atomic E-state index is 13.6. The fourth-order valence-electron chi connectivity index (χ4n) is 3.91. The Morgan fingerprint density at radius 3 is 1.94 bits per heavy atom. The molecule has 1 aliphatic heterocycles. The quantitative estimate of drug-likeness (QED) is 0.334. The minimum absolute atomic E-state index is 0.0348. The third kappa shape index (κ3) is 4.53. The van der Waals surface area contributed by atoms with Crippen molar-refractivity contribution in [2.45, 2.75) is 30.4 Å². The Balaban J connectivity index is 1.78. The van der Waals surface area contributed by atoms with Crippen LogP contribution in [0.2, 0.25) is 10.0 Å². The molecular formula is C24H15Cl2F7N2O. The first-order valence-corrected chi connectivity index (χ1v) is 11.0. The standard InChI is InChI=1S/C24H15Cl2F7N2O/c25-16-3-1-2-4-19(16)35-20(12-21(34-35)22(36,23(28,29)30)24(31,32)33)14-7-5-13(6-8-14)15-9-10-18(27)17(26)11-15/h1-11,20,36H,12H2. The summed E-state index contributed by atoms with van der Waals surface area (Å²) >= 11 is 12.0. The van der Waals surface area contributed by atoms with E-state index < -0.39 is 41.9 Å². The van der Waals surface area contributed by atoms with Gasteiger partial charge in [0.25, 0.3) is 5.60 Å². The van der Waals surface area contributed by atoms with E-state index in [1.165, 1.54) is 48.5 Å². The van der Waals surface area contributed by atoms with Crippen LogP contribution in [0, 0.1) is 5.82 Å². The molecule has 0 spiro atoms. The van der Waals surface area contributed by atoms with Gasteiger partial charge >= 0.3 is 12.4 Å². The summed E-state index contributed by atoms with van der Waals surface area (Å²) in [4.78, 5) is 0. The summed E-state index contributed by atoms with van der Waals surface area (Å²) in [5, 5.41) is 14.4. The lowest BCUT2D eigenvalue weighted by molar-refractivity contribution is -0.338. The molecule has 12 heteroatoms. The van der Waals surface area contributed by atoms with Crippen molar-refractivity contribution >= 4 is 34.6 Å². The molecule has 190 valence electrons. The molecule has 4 rings (SSSR count). The maximum Gasteiger partial charge on any atom is 0.431 e. The minimum Gasteiger partial charge on any atom is -0.369 e. The molecule has 3 aromatic rings. The number of alkyl halides is 6. The SMILES string of the molecule is OC(C1=NN(c2ccccc2Cl)C(c2ccc(-c3ccc(F)c(Cl)c3)cc2)C1)(C(F)(F)F)C(F)(F)F. The van der Waals surface area contributed by atoms with Crippen molar-refractivity contribution in [3.63, 3.8) is 0 Å². The Labute approximate surface area is 210 Å². The largest absolute Gasteiger partial charge is 0.431 e. The van der Waals surface area contributed by atoms with Gasteiger partial charge in [-0.2, -0.15) is 31.4 Å². The molecule has 1 aliphatic rings. The minimum atomic E-state index is -6.07. The van der Waals surface area contributed by atoms with Crippen LogP contribution in [0.3, 0.4) is 0 Å². The fraction of sp³-hybridized carbons (Fsp3) is 0.208. The molecule has 0 aromatic heterocycles. The number of hydrogen-bond donors (Lipinski definition) is 1. The van der Waals surface area contributed by atoms with E-state index in [4.69, 9.17) is 23.2 Å². The second-order valence-corrected chi connectivity index (χ2v) is 8.83. The molecule has 1 unspecified atom stereocenters. The van der Waals surface area contributed by atoms with Crippen molar-refractivity contribution in [3.05, 3.63) is 88.2 Å². The number of hydrogen-bond acceptors (Lipinski definition) is 3. The summed E-state index contributed by atoms with van der Waals surface area (Å²) in [6.45, 7) is 0. The molecule has 0 amide bonds. The number of hydrazone groups is 1. The molecule has 0 radical (unpaired) electrons. The first kappa shape index (κ1) is 26.2. The van der Waals surface area contributed by atoms with E-state index in [1.807, 2.05) is 0 Å². The van der Waals surface area contributed by atoms with E-state index in [0.717, 1.165) is 11.1 Å². The lowest BCUT2D eigenvalue weighted by Crippen LogP contribution is -2.62. The van der Waals surface area contributed by atoms with E-state index >= 15 is 0 Å². The number of para-hydroxylation sites is 1. The molecule has 0 aliphatic carbocycles. The number of halogens is 9. The summed E-state index contributed by atoms with van der Waals surface area (Å²) in [6.07, 6.45) is -13.0. The highest BCUT2D eigenvalue weighted by Gasteiger charge is 2.74. The first-order chi connectivity index (χ1) is 16.7. The Kier molecular flexibility index (Phi) is 6.74. The second kappa shape index (κ2) is 9.24. The Morgan fingerprint density at radius 2 is 1.39 bits per heavy atom. The number of aliphatic hydroxyl groups is 1. The van der Waals surface area contributed by atoms with E-state index in [1.54, 1.807) is 12.1 Å². The zero-order valence-corrected chi connectivity index (χ0v) is 19.4. The smallest absolute Gasteiger partial charge is 0.369 e. The van der Waals surface area contributed by atoms with Gasteiger partial charge in [-0.25, -0.2) is 4.39 Å². The molecule has 0 saturated carbocycles. The third-order valence-electron chi connectivity index (χ3n) is 5.80. The van der Waals surface area contributed by atoms with Gasteiger partial charge in [-0.05, 0) is 41.0 Å². The number of benzene rings is 3. The topological polar surface area (TPSA) is 35.8 Å². The van der Waals surface area contributed by atoms with Crippen LogP contribution in [0.1, 0.15) is 18.0 Å². The highest BCUT2D eigenvalue weighted by atomic mass is 35.5. The van der Waals surface area contributed by atoms with Gasteiger partial charge in [0.2, 0.25) is 0 Å². The lowest BCUT2D eigenvalue weighted by Gasteiger charge is -2.32. The summed E-state index contributed by atoms with van der Waals surface area (Å²) in [5.41, 5.74) is -5.19. The molecule has 3 nitrogen and oxygen atoms in total. The second-order valence-electron chi connectivity index (χ2n) is 8.02. The van der Waals surface area contributed by atoms with Crippen LogP contribution in [0.5, 0.6) is 0 Å². The summed E-state index contributed by atoms with van der Waals surface area (Å²) in [6, 6.07) is 14.8. The zero-order valence-electron chi connectivity index (χ0n) is 17.9. The average Bonchev–Trinajstić information content (AvgIpc) is 3.24. The van der Waals surface area contributed by atoms with Crippen molar-refractivity contribution in [3.8, 4) is 11.1 Å². The summed E-state index contributed by atoms with van der Waals surface area (Å²) in [7, 11) is 0. The van der Waals surface area contributed by atoms with E-state index in [2.05, 4.69) is 5.10 Å². The van der Waals surface area contributed by atoms with E-state index in [9.17, 15) is 35.8 Å². The Bertz CT molecular complexity index is 1290. The normalized spacial score (nSPS) is 16.9. The number of nitrogens with zero attached hydrogens (tertiary/aromatic N) is 2. The van der Waals surface area contributed by atoms with Crippen molar-refractivity contribution in [2.75, 3.05) is 5.01 Å². The van der Waals surface area contributed by atoms with Crippen LogP contribution in [-0.4, -0.2) is 28.8 Å².